The van der Waals surface area contributed by atoms with E-state index >= 15 is 0 Å². The van der Waals surface area contributed by atoms with Crippen LogP contribution < -0.4 is 5.32 Å². The van der Waals surface area contributed by atoms with E-state index in [-0.39, 0.29) is 17.8 Å². The first-order valence-corrected chi connectivity index (χ1v) is 10.2. The van der Waals surface area contributed by atoms with Crippen molar-refractivity contribution < 1.29 is 19.2 Å². The number of amides is 1. The summed E-state index contributed by atoms with van der Waals surface area (Å²) in [5, 5.41) is 13.9. The maximum absolute atomic E-state index is 13.0. The monoisotopic (exact) mass is 410 g/mol. The lowest BCUT2D eigenvalue weighted by Crippen LogP contribution is -2.26. The first kappa shape index (κ1) is 21.5. The highest BCUT2D eigenvalue weighted by Gasteiger charge is 2.28. The molecule has 2 aromatic rings. The quantitative estimate of drug-likeness (QED) is 0.371. The highest BCUT2D eigenvalue weighted by Crippen LogP contribution is 2.30. The average Bonchev–Trinajstić information content (AvgIpc) is 3.26. The zero-order valence-corrected chi connectivity index (χ0v) is 17.0. The minimum Gasteiger partial charge on any atom is -0.447 e. The number of ether oxygens (including phenoxy) is 1. The molecule has 1 N–H and O–H groups in total. The van der Waals surface area contributed by atoms with Gasteiger partial charge in [0.15, 0.2) is 0 Å². The molecule has 0 radical (unpaired) electrons. The molecular formula is C23H26N2O5. The second kappa shape index (κ2) is 10.0. The van der Waals surface area contributed by atoms with Gasteiger partial charge in [0, 0.05) is 18.1 Å². The number of carbonyl (C=O) groups is 2. The van der Waals surface area contributed by atoms with Gasteiger partial charge in [0.05, 0.1) is 4.92 Å². The van der Waals surface area contributed by atoms with Crippen molar-refractivity contribution in [2.45, 2.75) is 51.6 Å². The number of nitrogens with zero attached hydrogens (tertiary/aromatic N) is 1. The van der Waals surface area contributed by atoms with Gasteiger partial charge in [0.25, 0.3) is 11.6 Å². The van der Waals surface area contributed by atoms with E-state index in [0.29, 0.717) is 17.0 Å². The van der Waals surface area contributed by atoms with Crippen LogP contribution in [0, 0.1) is 23.0 Å². The number of carbonyl (C=O) groups excluding carboxylic acids is 2. The summed E-state index contributed by atoms with van der Waals surface area (Å²) in [6.07, 6.45) is 4.49. The first-order valence-electron chi connectivity index (χ1n) is 10.2. The molecule has 1 aliphatic carbocycles. The number of esters is 1. The van der Waals surface area contributed by atoms with Crippen molar-refractivity contribution in [3.8, 4) is 0 Å². The Morgan fingerprint density at radius 1 is 1.17 bits per heavy atom. The molecule has 3 rings (SSSR count). The largest absolute Gasteiger partial charge is 0.447 e. The van der Waals surface area contributed by atoms with Crippen molar-refractivity contribution in [3.05, 3.63) is 69.8 Å². The maximum Gasteiger partial charge on any atom is 0.306 e. The molecule has 1 atom stereocenters. The van der Waals surface area contributed by atoms with Crippen molar-refractivity contribution in [3.63, 3.8) is 0 Å². The average molecular weight is 410 g/mol. The van der Waals surface area contributed by atoms with Crippen LogP contribution in [0.5, 0.6) is 0 Å². The summed E-state index contributed by atoms with van der Waals surface area (Å²) in [5.74, 6) is -0.525. The Kier molecular flexibility index (Phi) is 7.17. The van der Waals surface area contributed by atoms with Crippen LogP contribution in [-0.2, 0) is 14.3 Å². The van der Waals surface area contributed by atoms with E-state index < -0.39 is 22.9 Å². The summed E-state index contributed by atoms with van der Waals surface area (Å²) >= 11 is 0. The molecule has 2 aromatic carbocycles. The smallest absolute Gasteiger partial charge is 0.306 e. The Hall–Kier alpha value is -3.22. The summed E-state index contributed by atoms with van der Waals surface area (Å²) in [6, 6.07) is 13.2. The molecule has 0 aliphatic heterocycles. The molecule has 1 amide bonds. The number of rotatable bonds is 8. The summed E-state index contributed by atoms with van der Waals surface area (Å²) in [5.41, 5.74) is 1.08. The Morgan fingerprint density at radius 2 is 1.87 bits per heavy atom. The molecule has 7 heteroatoms. The molecule has 0 heterocycles. The number of nitro benzene ring substituents is 1. The third-order valence-electron chi connectivity index (χ3n) is 5.43. The number of benzene rings is 2. The number of aryl methyl sites for hydroxylation is 1. The van der Waals surface area contributed by atoms with Crippen LogP contribution in [0.3, 0.4) is 0 Å². The Bertz CT molecular complexity index is 907. The molecular weight excluding hydrogens is 384 g/mol. The van der Waals surface area contributed by atoms with Crippen LogP contribution in [0.15, 0.2) is 48.5 Å². The highest BCUT2D eigenvalue weighted by molar-refractivity contribution is 5.97. The number of nitrogens with one attached hydrogen (secondary N) is 1. The molecule has 1 fully saturated rings. The Morgan fingerprint density at radius 3 is 2.53 bits per heavy atom. The van der Waals surface area contributed by atoms with Gasteiger partial charge in [0.1, 0.15) is 5.69 Å². The van der Waals surface area contributed by atoms with Gasteiger partial charge in [-0.25, -0.2) is 0 Å². The minimum absolute atomic E-state index is 0.0681. The summed E-state index contributed by atoms with van der Waals surface area (Å²) in [6.45, 7) is 1.73. The van der Waals surface area contributed by atoms with E-state index in [9.17, 15) is 19.7 Å². The van der Waals surface area contributed by atoms with Crippen molar-refractivity contribution in [1.82, 2.24) is 0 Å². The van der Waals surface area contributed by atoms with Crippen LogP contribution in [0.2, 0.25) is 0 Å². The van der Waals surface area contributed by atoms with Gasteiger partial charge in [-0.2, -0.15) is 0 Å². The van der Waals surface area contributed by atoms with E-state index in [0.717, 1.165) is 19.3 Å². The van der Waals surface area contributed by atoms with Gasteiger partial charge in [-0.3, -0.25) is 19.7 Å². The fourth-order valence-electron chi connectivity index (χ4n) is 3.81. The number of anilines is 1. The molecule has 0 aromatic heterocycles. The predicted molar refractivity (Wildman–Crippen MR) is 113 cm³/mol. The fourth-order valence-corrected chi connectivity index (χ4v) is 3.81. The Balaban J connectivity index is 1.74. The molecule has 0 spiro atoms. The van der Waals surface area contributed by atoms with E-state index in [1.165, 1.54) is 25.0 Å². The summed E-state index contributed by atoms with van der Waals surface area (Å²) < 4.78 is 5.53. The molecule has 1 aliphatic rings. The zero-order chi connectivity index (χ0) is 21.5. The normalized spacial score (nSPS) is 14.8. The van der Waals surface area contributed by atoms with Gasteiger partial charge >= 0.3 is 5.97 Å². The van der Waals surface area contributed by atoms with Crippen molar-refractivity contribution >= 4 is 23.3 Å². The van der Waals surface area contributed by atoms with Crippen LogP contribution in [-0.4, -0.2) is 16.8 Å². The third kappa shape index (κ3) is 5.65. The Labute approximate surface area is 175 Å². The summed E-state index contributed by atoms with van der Waals surface area (Å²) in [4.78, 5) is 36.2. The second-order valence-corrected chi connectivity index (χ2v) is 7.74. The molecule has 158 valence electrons. The van der Waals surface area contributed by atoms with Gasteiger partial charge in [-0.1, -0.05) is 62.1 Å². The molecule has 0 bridgehead atoms. The van der Waals surface area contributed by atoms with Crippen molar-refractivity contribution in [2.24, 2.45) is 5.92 Å². The fraction of sp³-hybridized carbons (Fsp3) is 0.391. The lowest BCUT2D eigenvalue weighted by Gasteiger charge is -2.19. The summed E-state index contributed by atoms with van der Waals surface area (Å²) in [7, 11) is 0. The number of hydrogen-bond acceptors (Lipinski definition) is 5. The van der Waals surface area contributed by atoms with Gasteiger partial charge in [-0.15, -0.1) is 0 Å². The molecule has 7 nitrogen and oxygen atoms in total. The number of nitro groups is 1. The SMILES string of the molecule is Cc1ccc(NC(=O)[C@@H](OC(=O)CCC2CCCC2)c2ccccc2)c([N+](=O)[O-])c1. The topological polar surface area (TPSA) is 98.5 Å². The zero-order valence-electron chi connectivity index (χ0n) is 17.0. The van der Waals surface area contributed by atoms with Crippen LogP contribution in [0.4, 0.5) is 11.4 Å². The molecule has 0 unspecified atom stereocenters. The molecule has 1 saturated carbocycles. The van der Waals surface area contributed by atoms with E-state index in [4.69, 9.17) is 4.74 Å². The van der Waals surface area contributed by atoms with Crippen LogP contribution in [0.25, 0.3) is 0 Å². The van der Waals surface area contributed by atoms with E-state index in [2.05, 4.69) is 5.32 Å². The lowest BCUT2D eigenvalue weighted by molar-refractivity contribution is -0.384. The van der Waals surface area contributed by atoms with Crippen molar-refractivity contribution in [2.75, 3.05) is 5.32 Å². The van der Waals surface area contributed by atoms with Gasteiger partial charge < -0.3 is 10.1 Å². The molecule has 30 heavy (non-hydrogen) atoms. The van der Waals surface area contributed by atoms with E-state index in [1.54, 1.807) is 43.3 Å². The van der Waals surface area contributed by atoms with Crippen molar-refractivity contribution in [1.29, 1.82) is 0 Å². The third-order valence-corrected chi connectivity index (χ3v) is 5.43. The first-order chi connectivity index (χ1) is 14.4. The minimum atomic E-state index is -1.18. The lowest BCUT2D eigenvalue weighted by atomic mass is 10.0. The highest BCUT2D eigenvalue weighted by atomic mass is 16.6. The van der Waals surface area contributed by atoms with Crippen LogP contribution >= 0.6 is 0 Å². The standard InChI is InChI=1S/C23H26N2O5/c1-16-11-13-19(20(15-16)25(28)29)24-23(27)22(18-9-3-2-4-10-18)30-21(26)14-12-17-7-5-6-8-17/h2-4,9-11,13,15,17,22H,5-8,12,14H2,1H3,(H,24,27)/t22-/m0/s1. The van der Waals surface area contributed by atoms with Crippen LogP contribution in [0.1, 0.15) is 55.8 Å². The van der Waals surface area contributed by atoms with Gasteiger partial charge in [-0.05, 0) is 30.9 Å². The molecule has 0 saturated heterocycles. The van der Waals surface area contributed by atoms with Gasteiger partial charge in [0.2, 0.25) is 6.10 Å². The second-order valence-electron chi connectivity index (χ2n) is 7.74. The maximum atomic E-state index is 13.0. The van der Waals surface area contributed by atoms with E-state index in [1.807, 2.05) is 0 Å². The number of hydrogen-bond donors (Lipinski definition) is 1. The predicted octanol–water partition coefficient (Wildman–Crippen LogP) is 5.10.